The van der Waals surface area contributed by atoms with Gasteiger partial charge in [-0.05, 0) is 67.6 Å². The number of aliphatic hydroxyl groups is 6. The van der Waals surface area contributed by atoms with Gasteiger partial charge in [0.1, 0.15) is 47.8 Å². The van der Waals surface area contributed by atoms with E-state index in [1.54, 1.807) is 12.1 Å². The fourth-order valence-electron chi connectivity index (χ4n) is 7.23. The highest BCUT2D eigenvalue weighted by molar-refractivity contribution is 5.76. The van der Waals surface area contributed by atoms with E-state index in [9.17, 15) is 39.8 Å². The van der Waals surface area contributed by atoms with Crippen LogP contribution in [0.4, 0.5) is 4.39 Å². The maximum atomic E-state index is 13.1. The van der Waals surface area contributed by atoms with Gasteiger partial charge in [0.25, 0.3) is 0 Å². The average molecular weight is 806 g/mol. The van der Waals surface area contributed by atoms with Crippen molar-refractivity contribution >= 4 is 5.91 Å². The van der Waals surface area contributed by atoms with Gasteiger partial charge in [0.05, 0.1) is 25.4 Å². The van der Waals surface area contributed by atoms with Crippen LogP contribution < -0.4 is 10.1 Å². The summed E-state index contributed by atoms with van der Waals surface area (Å²) in [5, 5.41) is 65.0. The molecule has 1 fully saturated rings. The largest absolute Gasteiger partial charge is 0.457 e. The summed E-state index contributed by atoms with van der Waals surface area (Å²) in [6, 6.07) is 12.9. The van der Waals surface area contributed by atoms with Gasteiger partial charge < -0.3 is 50.2 Å². The first-order valence-corrected chi connectivity index (χ1v) is 21.7. The van der Waals surface area contributed by atoms with E-state index in [2.05, 4.69) is 24.4 Å². The number of rotatable bonds is 31. The molecule has 1 heterocycles. The van der Waals surface area contributed by atoms with Gasteiger partial charge in [-0.3, -0.25) is 4.79 Å². The molecule has 1 aliphatic rings. The van der Waals surface area contributed by atoms with Crippen LogP contribution in [-0.4, -0.2) is 98.7 Å². The minimum Gasteiger partial charge on any atom is -0.457 e. The number of carbonyl (C=O) groups is 1. The van der Waals surface area contributed by atoms with E-state index in [0.717, 1.165) is 82.8 Å². The highest BCUT2D eigenvalue weighted by atomic mass is 19.1. The van der Waals surface area contributed by atoms with Gasteiger partial charge in [0, 0.05) is 6.42 Å². The molecule has 1 aliphatic heterocycles. The normalized spacial score (nSPS) is 21.2. The van der Waals surface area contributed by atoms with Crippen LogP contribution in [0, 0.1) is 5.82 Å². The Balaban J connectivity index is 1.33. The molecule has 2 unspecified atom stereocenters. The Kier molecular flexibility index (Phi) is 24.5. The van der Waals surface area contributed by atoms with Gasteiger partial charge in [-0.25, -0.2) is 4.39 Å². The molecule has 0 saturated carbocycles. The van der Waals surface area contributed by atoms with Crippen molar-refractivity contribution in [2.24, 2.45) is 0 Å². The van der Waals surface area contributed by atoms with Crippen molar-refractivity contribution in [3.8, 4) is 11.5 Å². The van der Waals surface area contributed by atoms with Gasteiger partial charge in [-0.2, -0.15) is 0 Å². The fourth-order valence-corrected chi connectivity index (χ4v) is 7.23. The Morgan fingerprint density at radius 1 is 0.719 bits per heavy atom. The molecule has 0 aromatic heterocycles. The second kappa shape index (κ2) is 28.7. The number of hydrogen-bond acceptors (Lipinski definition) is 10. The lowest BCUT2D eigenvalue weighted by Crippen LogP contribution is -2.60. The third kappa shape index (κ3) is 19.3. The predicted molar refractivity (Wildman–Crippen MR) is 218 cm³/mol. The SMILES string of the molecule is CCCCCCCCCCCC[C@@H](O)[C@@H](O)[C@H](CO[C@H]1OC(CO)[C@H](O)[C@H](O)C1O)NC(=O)CCCCCCCCCCc1ccc(Oc2ccc(F)cc2)cc1. The average Bonchev–Trinajstić information content (AvgIpc) is 3.21. The van der Waals surface area contributed by atoms with Crippen LogP contribution in [0.1, 0.15) is 141 Å². The molecular formula is C45H72FNO10. The number of halogens is 1. The summed E-state index contributed by atoms with van der Waals surface area (Å²) >= 11 is 0. The molecule has 0 aliphatic carbocycles. The molecule has 0 radical (unpaired) electrons. The summed E-state index contributed by atoms with van der Waals surface area (Å²) in [7, 11) is 0. The number of aryl methyl sites for hydroxylation is 1. The Bertz CT molecular complexity index is 1320. The number of hydrogen-bond donors (Lipinski definition) is 7. The van der Waals surface area contributed by atoms with Crippen molar-refractivity contribution < 1.29 is 54.0 Å². The molecule has 2 aromatic carbocycles. The number of nitrogens with one attached hydrogen (secondary N) is 1. The molecule has 57 heavy (non-hydrogen) atoms. The number of aliphatic hydroxyl groups excluding tert-OH is 6. The molecule has 11 nitrogen and oxygen atoms in total. The molecule has 7 N–H and O–H groups in total. The van der Waals surface area contributed by atoms with Crippen LogP contribution >= 0.6 is 0 Å². The summed E-state index contributed by atoms with van der Waals surface area (Å²) < 4.78 is 30.0. The van der Waals surface area contributed by atoms with Gasteiger partial charge in [-0.1, -0.05) is 122 Å². The molecule has 2 aromatic rings. The fraction of sp³-hybridized carbons (Fsp3) is 0.711. The van der Waals surface area contributed by atoms with Gasteiger partial charge in [0.15, 0.2) is 6.29 Å². The van der Waals surface area contributed by atoms with E-state index >= 15 is 0 Å². The minimum atomic E-state index is -1.62. The quantitative estimate of drug-likeness (QED) is 0.0393. The Labute approximate surface area is 340 Å². The van der Waals surface area contributed by atoms with E-state index < -0.39 is 55.6 Å². The van der Waals surface area contributed by atoms with Crippen molar-refractivity contribution in [3.63, 3.8) is 0 Å². The van der Waals surface area contributed by atoms with Crippen LogP contribution in [-0.2, 0) is 20.7 Å². The van der Waals surface area contributed by atoms with E-state index in [1.165, 1.54) is 56.2 Å². The van der Waals surface area contributed by atoms with Crippen LogP contribution in [0.3, 0.4) is 0 Å². The van der Waals surface area contributed by atoms with Gasteiger partial charge in [-0.15, -0.1) is 0 Å². The first-order chi connectivity index (χ1) is 27.6. The van der Waals surface area contributed by atoms with E-state index in [4.69, 9.17) is 14.2 Å². The molecule has 324 valence electrons. The second-order valence-electron chi connectivity index (χ2n) is 15.8. The molecule has 1 amide bonds. The summed E-state index contributed by atoms with van der Waals surface area (Å²) in [5.41, 5.74) is 1.25. The second-order valence-corrected chi connectivity index (χ2v) is 15.8. The summed E-state index contributed by atoms with van der Waals surface area (Å²) in [6.07, 6.45) is 11.3. The molecule has 0 bridgehead atoms. The zero-order valence-corrected chi connectivity index (χ0v) is 34.2. The van der Waals surface area contributed by atoms with Crippen LogP contribution in [0.5, 0.6) is 11.5 Å². The number of carbonyl (C=O) groups excluding carboxylic acids is 1. The van der Waals surface area contributed by atoms with E-state index in [1.807, 2.05) is 12.1 Å². The number of unbranched alkanes of at least 4 members (excludes halogenated alkanes) is 16. The van der Waals surface area contributed by atoms with Gasteiger partial charge >= 0.3 is 0 Å². The number of benzene rings is 2. The third-order valence-corrected chi connectivity index (χ3v) is 10.9. The molecule has 12 heteroatoms. The zero-order valence-electron chi connectivity index (χ0n) is 34.2. The van der Waals surface area contributed by atoms with E-state index in [-0.39, 0.29) is 24.8 Å². The lowest BCUT2D eigenvalue weighted by Gasteiger charge is -2.40. The lowest BCUT2D eigenvalue weighted by molar-refractivity contribution is -0.303. The topological polar surface area (TPSA) is 178 Å². The monoisotopic (exact) mass is 806 g/mol. The van der Waals surface area contributed by atoms with Crippen LogP contribution in [0.25, 0.3) is 0 Å². The van der Waals surface area contributed by atoms with Crippen molar-refractivity contribution in [1.82, 2.24) is 5.32 Å². The molecule has 0 spiro atoms. The van der Waals surface area contributed by atoms with E-state index in [0.29, 0.717) is 18.6 Å². The highest BCUT2D eigenvalue weighted by Gasteiger charge is 2.44. The molecule has 3 rings (SSSR count). The Morgan fingerprint density at radius 2 is 1.25 bits per heavy atom. The van der Waals surface area contributed by atoms with Crippen molar-refractivity contribution in [2.75, 3.05) is 13.2 Å². The predicted octanol–water partition coefficient (Wildman–Crippen LogP) is 7.01. The summed E-state index contributed by atoms with van der Waals surface area (Å²) in [5.74, 6) is 0.725. The first-order valence-electron chi connectivity index (χ1n) is 21.7. The third-order valence-electron chi connectivity index (χ3n) is 10.9. The number of ether oxygens (including phenoxy) is 3. The number of amides is 1. The summed E-state index contributed by atoms with van der Waals surface area (Å²) in [6.45, 7) is 1.27. The smallest absolute Gasteiger partial charge is 0.220 e. The van der Waals surface area contributed by atoms with Crippen molar-refractivity contribution in [3.05, 3.63) is 59.9 Å². The Hall–Kier alpha value is -2.68. The maximum Gasteiger partial charge on any atom is 0.220 e. The molecule has 1 saturated heterocycles. The van der Waals surface area contributed by atoms with Gasteiger partial charge in [0.2, 0.25) is 5.91 Å². The lowest BCUT2D eigenvalue weighted by atomic mass is 9.98. The standard InChI is InChI=1S/C45H72FNO10/c1-2-3-4-5-6-7-8-12-15-18-21-38(49)41(51)37(32-55-45-44(54)43(53)42(52)39(31-48)57-45)47-40(50)22-19-16-13-10-9-11-14-17-20-33-23-27-35(28-24-33)56-36-29-25-34(46)26-30-36/h23-30,37-39,41-45,48-49,51-54H,2-22,31-32H2,1H3,(H,47,50)/t37-,38+,39?,41-,42-,43-,44?,45-/m0/s1. The molecule has 8 atom stereocenters. The van der Waals surface area contributed by atoms with Crippen molar-refractivity contribution in [2.45, 2.75) is 191 Å². The van der Waals surface area contributed by atoms with Crippen LogP contribution in [0.15, 0.2) is 48.5 Å². The molecular weight excluding hydrogens is 733 g/mol. The van der Waals surface area contributed by atoms with Crippen LogP contribution in [0.2, 0.25) is 0 Å². The first kappa shape index (κ1) is 48.7. The summed E-state index contributed by atoms with van der Waals surface area (Å²) in [4.78, 5) is 13.0. The maximum absolute atomic E-state index is 13.1. The minimum absolute atomic E-state index is 0.242. The Morgan fingerprint density at radius 3 is 1.82 bits per heavy atom. The van der Waals surface area contributed by atoms with Crippen molar-refractivity contribution in [1.29, 1.82) is 0 Å². The zero-order chi connectivity index (χ0) is 41.3. The highest BCUT2D eigenvalue weighted by Crippen LogP contribution is 2.24.